The topological polar surface area (TPSA) is 92.7 Å². The fraction of sp³-hybridized carbons (Fsp3) is 0.0667. The van der Waals surface area contributed by atoms with Gasteiger partial charge in [0.1, 0.15) is 5.69 Å². The van der Waals surface area contributed by atoms with Crippen LogP contribution in [0.5, 0.6) is 0 Å². The van der Waals surface area contributed by atoms with Crippen LogP contribution in [0.15, 0.2) is 53.6 Å². The summed E-state index contributed by atoms with van der Waals surface area (Å²) in [5, 5.41) is 10.7. The van der Waals surface area contributed by atoms with Gasteiger partial charge in [0, 0.05) is 36.1 Å². The Labute approximate surface area is 125 Å². The van der Waals surface area contributed by atoms with Crippen LogP contribution in [-0.2, 0) is 7.05 Å². The van der Waals surface area contributed by atoms with E-state index in [0.29, 0.717) is 11.3 Å². The first-order chi connectivity index (χ1) is 10.6. The molecule has 3 aromatic rings. The molecule has 2 N–H and O–H groups in total. The number of hydrogen-bond donors (Lipinski definition) is 2. The number of aryl methyl sites for hydroxylation is 1. The van der Waals surface area contributed by atoms with Crippen LogP contribution in [0.4, 0.5) is 5.69 Å². The van der Waals surface area contributed by atoms with Crippen molar-refractivity contribution in [2.75, 3.05) is 5.32 Å². The number of carbonyl (C=O) groups excluding carboxylic acids is 1. The Kier molecular flexibility index (Phi) is 3.53. The Hall–Kier alpha value is -3.22. The lowest BCUT2D eigenvalue weighted by molar-refractivity contribution is 0.102. The average Bonchev–Trinajstić information content (AvgIpc) is 2.94. The highest BCUT2D eigenvalue weighted by molar-refractivity contribution is 6.04. The molecule has 1 aromatic carbocycles. The quantitative estimate of drug-likeness (QED) is 0.764. The summed E-state index contributed by atoms with van der Waals surface area (Å²) in [5.74, 6) is -0.345. The van der Waals surface area contributed by atoms with Crippen molar-refractivity contribution in [1.82, 2.24) is 20.0 Å². The highest BCUT2D eigenvalue weighted by Crippen LogP contribution is 2.20. The Morgan fingerprint density at radius 2 is 2.14 bits per heavy atom. The second kappa shape index (κ2) is 5.65. The van der Waals surface area contributed by atoms with Crippen molar-refractivity contribution in [1.29, 1.82) is 0 Å². The molecule has 7 nitrogen and oxygen atoms in total. The minimum atomic E-state index is -0.345. The Bertz CT molecular complexity index is 881. The predicted molar refractivity (Wildman–Crippen MR) is 81.5 cm³/mol. The SMILES string of the molecule is Cn1cc(-c2cccc(NC(=O)c3cc[nH]c(=O)c3)c2)nn1. The lowest BCUT2D eigenvalue weighted by Crippen LogP contribution is -2.15. The number of nitrogens with one attached hydrogen (secondary N) is 2. The zero-order chi connectivity index (χ0) is 15.5. The van der Waals surface area contributed by atoms with Crippen LogP contribution in [0.2, 0.25) is 0 Å². The fourth-order valence-corrected chi connectivity index (χ4v) is 2.02. The Morgan fingerprint density at radius 3 is 2.86 bits per heavy atom. The number of amides is 1. The van der Waals surface area contributed by atoms with E-state index in [1.54, 1.807) is 36.1 Å². The van der Waals surface area contributed by atoms with Gasteiger partial charge in [-0.15, -0.1) is 5.10 Å². The summed E-state index contributed by atoms with van der Waals surface area (Å²) < 4.78 is 1.61. The van der Waals surface area contributed by atoms with Gasteiger partial charge in [0.15, 0.2) is 0 Å². The minimum absolute atomic E-state index is 0.300. The molecule has 0 bridgehead atoms. The first kappa shape index (κ1) is 13.7. The highest BCUT2D eigenvalue weighted by Gasteiger charge is 2.08. The van der Waals surface area contributed by atoms with Crippen LogP contribution in [0.25, 0.3) is 11.3 Å². The van der Waals surface area contributed by atoms with Crippen LogP contribution in [0.1, 0.15) is 10.4 Å². The zero-order valence-corrected chi connectivity index (χ0v) is 11.8. The summed E-state index contributed by atoms with van der Waals surface area (Å²) in [6.07, 6.45) is 3.23. The molecular weight excluding hydrogens is 282 g/mol. The molecule has 0 saturated carbocycles. The molecule has 3 rings (SSSR count). The van der Waals surface area contributed by atoms with Gasteiger partial charge in [0.25, 0.3) is 5.91 Å². The smallest absolute Gasteiger partial charge is 0.255 e. The van der Waals surface area contributed by atoms with Crippen molar-refractivity contribution < 1.29 is 4.79 Å². The van der Waals surface area contributed by atoms with E-state index in [2.05, 4.69) is 20.6 Å². The van der Waals surface area contributed by atoms with Crippen LogP contribution in [0, 0.1) is 0 Å². The molecule has 22 heavy (non-hydrogen) atoms. The van der Waals surface area contributed by atoms with Crippen LogP contribution >= 0.6 is 0 Å². The van der Waals surface area contributed by atoms with Crippen molar-refractivity contribution >= 4 is 11.6 Å². The normalized spacial score (nSPS) is 10.4. The van der Waals surface area contributed by atoms with Crippen LogP contribution in [0.3, 0.4) is 0 Å². The number of anilines is 1. The first-order valence-corrected chi connectivity index (χ1v) is 6.59. The fourth-order valence-electron chi connectivity index (χ4n) is 2.02. The standard InChI is InChI=1S/C15H13N5O2/c1-20-9-13(18-19-20)10-3-2-4-12(7-10)17-15(22)11-5-6-16-14(21)8-11/h2-9H,1H3,(H,16,21)(H,17,22). The average molecular weight is 295 g/mol. The summed E-state index contributed by atoms with van der Waals surface area (Å²) in [4.78, 5) is 25.8. The molecule has 0 saturated heterocycles. The third kappa shape index (κ3) is 2.93. The van der Waals surface area contributed by atoms with E-state index < -0.39 is 0 Å². The summed E-state index contributed by atoms with van der Waals surface area (Å²) >= 11 is 0. The second-order valence-corrected chi connectivity index (χ2v) is 4.75. The molecule has 0 spiro atoms. The number of nitrogens with zero attached hydrogens (tertiary/aromatic N) is 3. The number of hydrogen-bond acceptors (Lipinski definition) is 4. The van der Waals surface area contributed by atoms with Gasteiger partial charge in [-0.1, -0.05) is 17.3 Å². The maximum atomic E-state index is 12.1. The minimum Gasteiger partial charge on any atom is -0.329 e. The third-order valence-electron chi connectivity index (χ3n) is 3.06. The summed E-state index contributed by atoms with van der Waals surface area (Å²) in [7, 11) is 1.79. The molecule has 2 aromatic heterocycles. The van der Waals surface area contributed by atoms with Crippen LogP contribution in [-0.4, -0.2) is 25.9 Å². The number of H-pyrrole nitrogens is 1. The van der Waals surface area contributed by atoms with Gasteiger partial charge in [0.05, 0.1) is 6.20 Å². The number of aromatic amines is 1. The van der Waals surface area contributed by atoms with Gasteiger partial charge in [-0.25, -0.2) is 0 Å². The molecule has 2 heterocycles. The molecule has 0 unspecified atom stereocenters. The highest BCUT2D eigenvalue weighted by atomic mass is 16.2. The van der Waals surface area contributed by atoms with Crippen LogP contribution < -0.4 is 10.9 Å². The monoisotopic (exact) mass is 295 g/mol. The summed E-state index contributed by atoms with van der Waals surface area (Å²) in [6, 6.07) is 10.1. The number of rotatable bonds is 3. The van der Waals surface area contributed by atoms with Gasteiger partial charge in [-0.05, 0) is 18.2 Å². The van der Waals surface area contributed by atoms with E-state index in [1.807, 2.05) is 12.1 Å². The molecule has 1 amide bonds. The molecule has 0 aliphatic carbocycles. The Balaban J connectivity index is 1.84. The van der Waals surface area contributed by atoms with E-state index in [1.165, 1.54) is 12.3 Å². The van der Waals surface area contributed by atoms with Crippen molar-refractivity contribution in [2.45, 2.75) is 0 Å². The van der Waals surface area contributed by atoms with Gasteiger partial charge in [-0.2, -0.15) is 0 Å². The number of carbonyl (C=O) groups is 1. The number of pyridine rings is 1. The van der Waals surface area contributed by atoms with E-state index in [4.69, 9.17) is 0 Å². The van der Waals surface area contributed by atoms with Crippen molar-refractivity contribution in [3.05, 3.63) is 64.7 Å². The van der Waals surface area contributed by atoms with Gasteiger partial charge in [0.2, 0.25) is 5.56 Å². The number of aromatic nitrogens is 4. The van der Waals surface area contributed by atoms with Gasteiger partial charge in [-0.3, -0.25) is 14.3 Å². The molecule has 0 atom stereocenters. The lowest BCUT2D eigenvalue weighted by atomic mass is 10.1. The Morgan fingerprint density at radius 1 is 1.27 bits per heavy atom. The largest absolute Gasteiger partial charge is 0.329 e. The van der Waals surface area contributed by atoms with E-state index in [0.717, 1.165) is 11.3 Å². The molecule has 0 fully saturated rings. The molecular formula is C15H13N5O2. The van der Waals surface area contributed by atoms with E-state index in [9.17, 15) is 9.59 Å². The third-order valence-corrected chi connectivity index (χ3v) is 3.06. The molecule has 7 heteroatoms. The molecule has 110 valence electrons. The number of benzene rings is 1. The van der Waals surface area contributed by atoms with Gasteiger partial charge < -0.3 is 10.3 Å². The van der Waals surface area contributed by atoms with E-state index >= 15 is 0 Å². The first-order valence-electron chi connectivity index (χ1n) is 6.59. The predicted octanol–water partition coefficient (Wildman–Crippen LogP) is 1.42. The van der Waals surface area contributed by atoms with Crippen molar-refractivity contribution in [2.24, 2.45) is 7.05 Å². The molecule has 0 aliphatic heterocycles. The molecule has 0 aliphatic rings. The summed E-state index contributed by atoms with van der Waals surface area (Å²) in [5.41, 5.74) is 2.16. The molecule has 0 radical (unpaired) electrons. The van der Waals surface area contributed by atoms with Crippen molar-refractivity contribution in [3.63, 3.8) is 0 Å². The second-order valence-electron chi connectivity index (χ2n) is 4.75. The van der Waals surface area contributed by atoms with E-state index in [-0.39, 0.29) is 11.5 Å². The van der Waals surface area contributed by atoms with Gasteiger partial charge >= 0.3 is 0 Å². The summed E-state index contributed by atoms with van der Waals surface area (Å²) in [6.45, 7) is 0. The lowest BCUT2D eigenvalue weighted by Gasteiger charge is -2.06. The zero-order valence-electron chi connectivity index (χ0n) is 11.8. The van der Waals surface area contributed by atoms with Crippen molar-refractivity contribution in [3.8, 4) is 11.3 Å². The maximum Gasteiger partial charge on any atom is 0.255 e. The maximum absolute atomic E-state index is 12.1.